The molecule has 1 aromatic carbocycles. The van der Waals surface area contributed by atoms with Crippen LogP contribution in [0.3, 0.4) is 0 Å². The van der Waals surface area contributed by atoms with Gasteiger partial charge in [0.1, 0.15) is 6.54 Å². The van der Waals surface area contributed by atoms with E-state index in [0.717, 1.165) is 4.31 Å². The van der Waals surface area contributed by atoms with Crippen LogP contribution in [-0.4, -0.2) is 39.3 Å². The molecule has 0 unspecified atom stereocenters. The molecule has 6 nitrogen and oxygen atoms in total. The molecule has 0 aliphatic rings. The molecular weight excluding hydrogens is 254 g/mol. The minimum atomic E-state index is -3.49. The van der Waals surface area contributed by atoms with Gasteiger partial charge >= 0.3 is 0 Å². The highest BCUT2D eigenvalue weighted by Gasteiger charge is 2.17. The Balaban J connectivity index is 2.94. The topological polar surface area (TPSA) is 90.3 Å². The maximum atomic E-state index is 11.8. The van der Waals surface area contributed by atoms with Gasteiger partial charge in [0.15, 0.2) is 0 Å². The normalized spacial score (nSPS) is 11.0. The van der Waals surface area contributed by atoms with Crippen LogP contribution >= 0.6 is 0 Å². The molecule has 0 aliphatic carbocycles. The standard InChI is InChI=1S/C11H13N3O3S/c1-14(2)18(16,17)10-5-3-9(4-6-10)11(15)13-8-7-12/h3-6H,8H2,1-2H3,(H,13,15). The maximum Gasteiger partial charge on any atom is 0.252 e. The molecule has 0 saturated carbocycles. The average molecular weight is 267 g/mol. The lowest BCUT2D eigenvalue weighted by Crippen LogP contribution is -2.24. The van der Waals surface area contributed by atoms with E-state index in [9.17, 15) is 13.2 Å². The van der Waals surface area contributed by atoms with Crippen molar-refractivity contribution in [3.63, 3.8) is 0 Å². The molecule has 96 valence electrons. The minimum absolute atomic E-state index is 0.0867. The van der Waals surface area contributed by atoms with Gasteiger partial charge in [0.25, 0.3) is 5.91 Å². The zero-order valence-corrected chi connectivity index (χ0v) is 10.9. The van der Waals surface area contributed by atoms with Gasteiger partial charge in [-0.2, -0.15) is 5.26 Å². The third-order valence-corrected chi connectivity index (χ3v) is 4.05. The van der Waals surface area contributed by atoms with E-state index in [1.54, 1.807) is 6.07 Å². The molecule has 0 saturated heterocycles. The third-order valence-electron chi connectivity index (χ3n) is 2.22. The summed E-state index contributed by atoms with van der Waals surface area (Å²) in [4.78, 5) is 11.6. The van der Waals surface area contributed by atoms with Crippen LogP contribution in [0.4, 0.5) is 0 Å². The average Bonchev–Trinajstić information content (AvgIpc) is 2.35. The van der Waals surface area contributed by atoms with E-state index in [2.05, 4.69) is 5.32 Å². The van der Waals surface area contributed by atoms with Gasteiger partial charge in [-0.3, -0.25) is 4.79 Å². The van der Waals surface area contributed by atoms with Crippen molar-refractivity contribution >= 4 is 15.9 Å². The van der Waals surface area contributed by atoms with E-state index >= 15 is 0 Å². The Morgan fingerprint density at radius 2 is 1.89 bits per heavy atom. The predicted molar refractivity (Wildman–Crippen MR) is 65.3 cm³/mol. The number of rotatable bonds is 4. The Morgan fingerprint density at radius 1 is 1.33 bits per heavy atom. The van der Waals surface area contributed by atoms with Gasteiger partial charge in [0, 0.05) is 19.7 Å². The first kappa shape index (κ1) is 14.2. The van der Waals surface area contributed by atoms with Gasteiger partial charge < -0.3 is 5.32 Å². The van der Waals surface area contributed by atoms with Crippen LogP contribution in [0.25, 0.3) is 0 Å². The second kappa shape index (κ2) is 5.62. The Kier molecular flexibility index (Phi) is 4.42. The first-order valence-electron chi connectivity index (χ1n) is 5.07. The number of carbonyl (C=O) groups is 1. The number of amides is 1. The molecule has 0 aliphatic heterocycles. The fourth-order valence-electron chi connectivity index (χ4n) is 1.21. The maximum absolute atomic E-state index is 11.8. The molecule has 0 radical (unpaired) electrons. The fourth-order valence-corrected chi connectivity index (χ4v) is 2.11. The highest BCUT2D eigenvalue weighted by molar-refractivity contribution is 7.89. The smallest absolute Gasteiger partial charge is 0.252 e. The van der Waals surface area contributed by atoms with E-state index in [1.165, 1.54) is 38.4 Å². The van der Waals surface area contributed by atoms with Crippen molar-refractivity contribution in [1.82, 2.24) is 9.62 Å². The summed E-state index contributed by atoms with van der Waals surface area (Å²) in [5, 5.41) is 10.7. The SMILES string of the molecule is CN(C)S(=O)(=O)c1ccc(C(=O)NCC#N)cc1. The molecule has 0 aromatic heterocycles. The Morgan fingerprint density at radius 3 is 2.33 bits per heavy atom. The molecule has 0 fully saturated rings. The van der Waals surface area contributed by atoms with Crippen molar-refractivity contribution in [1.29, 1.82) is 5.26 Å². The van der Waals surface area contributed by atoms with E-state index < -0.39 is 15.9 Å². The molecule has 0 spiro atoms. The Hall–Kier alpha value is -1.91. The van der Waals surface area contributed by atoms with E-state index in [0.29, 0.717) is 5.56 Å². The molecule has 0 atom stereocenters. The van der Waals surface area contributed by atoms with Crippen molar-refractivity contribution in [3.8, 4) is 6.07 Å². The van der Waals surface area contributed by atoms with Crippen molar-refractivity contribution in [2.75, 3.05) is 20.6 Å². The van der Waals surface area contributed by atoms with Crippen LogP contribution in [0.15, 0.2) is 29.2 Å². The summed E-state index contributed by atoms with van der Waals surface area (Å²) in [6.45, 7) is -0.0867. The van der Waals surface area contributed by atoms with Crippen LogP contribution in [0.5, 0.6) is 0 Å². The van der Waals surface area contributed by atoms with Crippen molar-refractivity contribution in [2.45, 2.75) is 4.90 Å². The molecular formula is C11H13N3O3S. The Bertz CT molecular complexity index is 571. The van der Waals surface area contributed by atoms with Gasteiger partial charge in [0.05, 0.1) is 11.0 Å². The number of sulfonamides is 1. The van der Waals surface area contributed by atoms with Crippen LogP contribution in [0.2, 0.25) is 0 Å². The van der Waals surface area contributed by atoms with Gasteiger partial charge in [-0.15, -0.1) is 0 Å². The highest BCUT2D eigenvalue weighted by Crippen LogP contribution is 2.13. The number of benzene rings is 1. The number of carbonyl (C=O) groups excluding carboxylic acids is 1. The third kappa shape index (κ3) is 3.06. The van der Waals surface area contributed by atoms with E-state index in [1.807, 2.05) is 0 Å². The predicted octanol–water partition coefficient (Wildman–Crippen LogP) is 0.190. The van der Waals surface area contributed by atoms with Gasteiger partial charge in [0.2, 0.25) is 10.0 Å². The zero-order chi connectivity index (χ0) is 13.8. The van der Waals surface area contributed by atoms with Crippen molar-refractivity contribution < 1.29 is 13.2 Å². The minimum Gasteiger partial charge on any atom is -0.339 e. The summed E-state index contributed by atoms with van der Waals surface area (Å²) >= 11 is 0. The summed E-state index contributed by atoms with van der Waals surface area (Å²) in [6.07, 6.45) is 0. The van der Waals surface area contributed by atoms with Gasteiger partial charge in [-0.25, -0.2) is 12.7 Å². The van der Waals surface area contributed by atoms with Crippen LogP contribution < -0.4 is 5.32 Å². The second-order valence-electron chi connectivity index (χ2n) is 3.65. The monoisotopic (exact) mass is 267 g/mol. The molecule has 1 rings (SSSR count). The van der Waals surface area contributed by atoms with E-state index in [-0.39, 0.29) is 11.4 Å². The Labute approximate surface area is 106 Å². The second-order valence-corrected chi connectivity index (χ2v) is 5.80. The first-order valence-corrected chi connectivity index (χ1v) is 6.51. The number of nitriles is 1. The summed E-state index contributed by atoms with van der Waals surface area (Å²) in [5.74, 6) is -0.412. The summed E-state index contributed by atoms with van der Waals surface area (Å²) in [6, 6.07) is 7.31. The van der Waals surface area contributed by atoms with Crippen LogP contribution in [-0.2, 0) is 10.0 Å². The van der Waals surface area contributed by atoms with Crippen LogP contribution in [0, 0.1) is 11.3 Å². The van der Waals surface area contributed by atoms with Gasteiger partial charge in [-0.05, 0) is 24.3 Å². The van der Waals surface area contributed by atoms with Crippen molar-refractivity contribution in [2.24, 2.45) is 0 Å². The number of nitrogens with one attached hydrogen (secondary N) is 1. The molecule has 1 N–H and O–H groups in total. The lowest BCUT2D eigenvalue weighted by molar-refractivity contribution is 0.0958. The molecule has 1 amide bonds. The number of nitrogens with zero attached hydrogens (tertiary/aromatic N) is 2. The number of hydrogen-bond donors (Lipinski definition) is 1. The first-order chi connectivity index (χ1) is 8.39. The quantitative estimate of drug-likeness (QED) is 0.788. The largest absolute Gasteiger partial charge is 0.339 e. The van der Waals surface area contributed by atoms with Crippen LogP contribution in [0.1, 0.15) is 10.4 Å². The van der Waals surface area contributed by atoms with E-state index in [4.69, 9.17) is 5.26 Å². The lowest BCUT2D eigenvalue weighted by Gasteiger charge is -2.11. The molecule has 7 heteroatoms. The molecule has 18 heavy (non-hydrogen) atoms. The molecule has 0 bridgehead atoms. The molecule has 0 heterocycles. The highest BCUT2D eigenvalue weighted by atomic mass is 32.2. The van der Waals surface area contributed by atoms with Crippen molar-refractivity contribution in [3.05, 3.63) is 29.8 Å². The van der Waals surface area contributed by atoms with Gasteiger partial charge in [-0.1, -0.05) is 0 Å². The lowest BCUT2D eigenvalue weighted by atomic mass is 10.2. The fraction of sp³-hybridized carbons (Fsp3) is 0.273. The number of hydrogen-bond acceptors (Lipinski definition) is 4. The summed E-state index contributed by atoms with van der Waals surface area (Å²) in [7, 11) is -0.620. The molecule has 1 aromatic rings. The summed E-state index contributed by atoms with van der Waals surface area (Å²) < 4.78 is 24.6. The summed E-state index contributed by atoms with van der Waals surface area (Å²) in [5.41, 5.74) is 0.308. The zero-order valence-electron chi connectivity index (χ0n) is 10.0.